The highest BCUT2D eigenvalue weighted by Gasteiger charge is 2.26. The zero-order chi connectivity index (χ0) is 21.0. The third-order valence-electron chi connectivity index (χ3n) is 5.92. The molecule has 7 heteroatoms. The number of carbonyl (C=O) groups excluding carboxylic acids is 1. The quantitative estimate of drug-likeness (QED) is 0.780. The third-order valence-corrected chi connectivity index (χ3v) is 7.83. The van der Waals surface area contributed by atoms with E-state index in [0.717, 1.165) is 56.6 Å². The molecule has 0 unspecified atom stereocenters. The highest BCUT2D eigenvalue weighted by atomic mass is 32.2. The summed E-state index contributed by atoms with van der Waals surface area (Å²) in [6, 6.07) is 14.1. The zero-order valence-electron chi connectivity index (χ0n) is 17.2. The number of nitrogens with zero attached hydrogens (tertiary/aromatic N) is 2. The number of hydrogen-bond donors (Lipinski definition) is 1. The number of anilines is 2. The van der Waals surface area contributed by atoms with E-state index in [9.17, 15) is 13.2 Å². The summed E-state index contributed by atoms with van der Waals surface area (Å²) in [5.41, 5.74) is 2.27. The molecule has 0 aromatic heterocycles. The van der Waals surface area contributed by atoms with Crippen molar-refractivity contribution in [1.82, 2.24) is 4.31 Å². The van der Waals surface area contributed by atoms with Gasteiger partial charge in [0.2, 0.25) is 10.0 Å². The van der Waals surface area contributed by atoms with Crippen LogP contribution in [0.25, 0.3) is 0 Å². The van der Waals surface area contributed by atoms with E-state index in [2.05, 4.69) is 10.2 Å². The summed E-state index contributed by atoms with van der Waals surface area (Å²) in [5, 5.41) is 3.01. The Labute approximate surface area is 178 Å². The zero-order valence-corrected chi connectivity index (χ0v) is 18.0. The average molecular weight is 428 g/mol. The van der Waals surface area contributed by atoms with E-state index in [1.165, 1.54) is 18.6 Å². The fraction of sp³-hybridized carbons (Fsp3) is 0.435. The largest absolute Gasteiger partial charge is 0.370 e. The molecule has 30 heavy (non-hydrogen) atoms. The SMILES string of the molecule is O=C(Nc1ccccc1N1CCCCC1)c1ccc(S(=O)(=O)N2CCCCC2)cc1. The first kappa shape index (κ1) is 20.9. The molecule has 2 fully saturated rings. The van der Waals surface area contributed by atoms with Crippen LogP contribution in [0.4, 0.5) is 11.4 Å². The molecule has 0 saturated carbocycles. The van der Waals surface area contributed by atoms with Crippen molar-refractivity contribution >= 4 is 27.3 Å². The fourth-order valence-corrected chi connectivity index (χ4v) is 5.73. The summed E-state index contributed by atoms with van der Waals surface area (Å²) >= 11 is 0. The molecule has 0 atom stereocenters. The lowest BCUT2D eigenvalue weighted by atomic mass is 10.1. The Balaban J connectivity index is 1.48. The molecular formula is C23H29N3O3S. The summed E-state index contributed by atoms with van der Waals surface area (Å²) in [6.07, 6.45) is 6.44. The molecule has 2 aliphatic rings. The highest BCUT2D eigenvalue weighted by molar-refractivity contribution is 7.89. The Kier molecular flexibility index (Phi) is 6.39. The minimum absolute atomic E-state index is 0.235. The van der Waals surface area contributed by atoms with Crippen molar-refractivity contribution in [3.8, 4) is 0 Å². The van der Waals surface area contributed by atoms with Gasteiger partial charge in [-0.2, -0.15) is 4.31 Å². The minimum Gasteiger partial charge on any atom is -0.370 e. The van der Waals surface area contributed by atoms with E-state index >= 15 is 0 Å². The van der Waals surface area contributed by atoms with Gasteiger partial charge < -0.3 is 10.2 Å². The Bertz CT molecular complexity index is 977. The molecule has 1 amide bonds. The summed E-state index contributed by atoms with van der Waals surface area (Å²) in [5.74, 6) is -0.235. The molecule has 0 bridgehead atoms. The number of piperidine rings is 2. The molecule has 160 valence electrons. The number of sulfonamides is 1. The van der Waals surface area contributed by atoms with Crippen molar-refractivity contribution in [3.63, 3.8) is 0 Å². The molecule has 4 rings (SSSR count). The Morgan fingerprint density at radius 1 is 0.767 bits per heavy atom. The first-order valence-electron chi connectivity index (χ1n) is 10.8. The van der Waals surface area contributed by atoms with Crippen LogP contribution in [-0.2, 0) is 10.0 Å². The van der Waals surface area contributed by atoms with Gasteiger partial charge in [-0.15, -0.1) is 0 Å². The van der Waals surface area contributed by atoms with Crippen LogP contribution in [0.1, 0.15) is 48.9 Å². The van der Waals surface area contributed by atoms with Crippen molar-refractivity contribution < 1.29 is 13.2 Å². The van der Waals surface area contributed by atoms with Crippen molar-refractivity contribution in [1.29, 1.82) is 0 Å². The van der Waals surface area contributed by atoms with Crippen molar-refractivity contribution in [3.05, 3.63) is 54.1 Å². The van der Waals surface area contributed by atoms with Gasteiger partial charge in [-0.1, -0.05) is 18.6 Å². The van der Waals surface area contributed by atoms with E-state index in [1.54, 1.807) is 16.4 Å². The Morgan fingerprint density at radius 2 is 1.37 bits per heavy atom. The van der Waals surface area contributed by atoms with Crippen LogP contribution in [-0.4, -0.2) is 44.8 Å². The second-order valence-corrected chi connectivity index (χ2v) is 9.95. The monoisotopic (exact) mass is 427 g/mol. The maximum atomic E-state index is 12.8. The Hall–Kier alpha value is -2.38. The molecule has 0 aliphatic carbocycles. The lowest BCUT2D eigenvalue weighted by Gasteiger charge is -2.30. The van der Waals surface area contributed by atoms with Gasteiger partial charge in [0.1, 0.15) is 0 Å². The number of para-hydroxylation sites is 2. The van der Waals surface area contributed by atoms with Gasteiger partial charge in [-0.05, 0) is 68.5 Å². The van der Waals surface area contributed by atoms with Crippen LogP contribution < -0.4 is 10.2 Å². The van der Waals surface area contributed by atoms with E-state index in [-0.39, 0.29) is 10.8 Å². The third kappa shape index (κ3) is 4.52. The van der Waals surface area contributed by atoms with Gasteiger partial charge in [0, 0.05) is 31.7 Å². The number of nitrogens with one attached hydrogen (secondary N) is 1. The topological polar surface area (TPSA) is 69.7 Å². The lowest BCUT2D eigenvalue weighted by Crippen LogP contribution is -2.35. The first-order chi connectivity index (χ1) is 14.6. The van der Waals surface area contributed by atoms with Crippen molar-refractivity contribution in [2.24, 2.45) is 0 Å². The van der Waals surface area contributed by atoms with E-state index < -0.39 is 10.0 Å². The Morgan fingerprint density at radius 3 is 2.03 bits per heavy atom. The molecule has 0 spiro atoms. The van der Waals surface area contributed by atoms with Gasteiger partial charge >= 0.3 is 0 Å². The molecule has 0 radical (unpaired) electrons. The number of rotatable bonds is 5. The fourth-order valence-electron chi connectivity index (χ4n) is 4.22. The molecule has 2 heterocycles. The van der Waals surface area contributed by atoms with Gasteiger partial charge in [-0.3, -0.25) is 4.79 Å². The van der Waals surface area contributed by atoms with Crippen LogP contribution in [0.3, 0.4) is 0 Å². The van der Waals surface area contributed by atoms with Gasteiger partial charge in [0.15, 0.2) is 0 Å². The lowest BCUT2D eigenvalue weighted by molar-refractivity contribution is 0.102. The summed E-state index contributed by atoms with van der Waals surface area (Å²) in [6.45, 7) is 3.13. The minimum atomic E-state index is -3.49. The van der Waals surface area contributed by atoms with Crippen molar-refractivity contribution in [2.45, 2.75) is 43.4 Å². The van der Waals surface area contributed by atoms with Gasteiger partial charge in [0.05, 0.1) is 16.3 Å². The predicted molar refractivity (Wildman–Crippen MR) is 120 cm³/mol. The molecular weight excluding hydrogens is 398 g/mol. The van der Waals surface area contributed by atoms with E-state index in [4.69, 9.17) is 0 Å². The van der Waals surface area contributed by atoms with E-state index in [0.29, 0.717) is 18.7 Å². The van der Waals surface area contributed by atoms with Crippen LogP contribution in [0.5, 0.6) is 0 Å². The predicted octanol–water partition coefficient (Wildman–Crippen LogP) is 4.10. The van der Waals surface area contributed by atoms with Crippen LogP contribution in [0.15, 0.2) is 53.4 Å². The second kappa shape index (κ2) is 9.18. The summed E-state index contributed by atoms with van der Waals surface area (Å²) in [7, 11) is -3.49. The molecule has 6 nitrogen and oxygen atoms in total. The number of hydrogen-bond acceptors (Lipinski definition) is 4. The number of carbonyl (C=O) groups is 1. The summed E-state index contributed by atoms with van der Waals surface area (Å²) in [4.78, 5) is 15.4. The van der Waals surface area contributed by atoms with Gasteiger partial charge in [-0.25, -0.2) is 8.42 Å². The molecule has 2 saturated heterocycles. The van der Waals surface area contributed by atoms with E-state index in [1.807, 2.05) is 24.3 Å². The van der Waals surface area contributed by atoms with Crippen LogP contribution in [0, 0.1) is 0 Å². The maximum absolute atomic E-state index is 12.8. The average Bonchev–Trinajstić information content (AvgIpc) is 2.80. The van der Waals surface area contributed by atoms with Crippen LogP contribution >= 0.6 is 0 Å². The summed E-state index contributed by atoms with van der Waals surface area (Å²) < 4.78 is 27.1. The van der Waals surface area contributed by atoms with Gasteiger partial charge in [0.25, 0.3) is 5.91 Å². The second-order valence-electron chi connectivity index (χ2n) is 8.01. The highest BCUT2D eigenvalue weighted by Crippen LogP contribution is 2.29. The molecule has 2 aromatic carbocycles. The molecule has 2 aromatic rings. The number of benzene rings is 2. The van der Waals surface area contributed by atoms with Crippen LogP contribution in [0.2, 0.25) is 0 Å². The molecule has 2 aliphatic heterocycles. The standard InChI is InChI=1S/C23H29N3O3S/c27-23(24-21-9-3-4-10-22(21)25-15-5-1-6-16-25)19-11-13-20(14-12-19)30(28,29)26-17-7-2-8-18-26/h3-4,9-14H,1-2,5-8,15-18H2,(H,24,27). The molecule has 1 N–H and O–H groups in total. The first-order valence-corrected chi connectivity index (χ1v) is 12.3. The smallest absolute Gasteiger partial charge is 0.255 e. The van der Waals surface area contributed by atoms with Crippen molar-refractivity contribution in [2.75, 3.05) is 36.4 Å². The number of amides is 1. The normalized spacial score (nSPS) is 18.2. The maximum Gasteiger partial charge on any atom is 0.255 e.